The highest BCUT2D eigenvalue weighted by molar-refractivity contribution is 5.89. The zero-order valence-electron chi connectivity index (χ0n) is 16.6. The van der Waals surface area contributed by atoms with E-state index in [2.05, 4.69) is 15.6 Å². The molecule has 8 heteroatoms. The van der Waals surface area contributed by atoms with E-state index in [9.17, 15) is 9.59 Å². The molecule has 0 saturated heterocycles. The summed E-state index contributed by atoms with van der Waals surface area (Å²) in [6.07, 6.45) is 1.38. The van der Waals surface area contributed by atoms with Crippen LogP contribution in [0.4, 0.5) is 16.2 Å². The molecule has 1 heterocycles. The average Bonchev–Trinajstić information content (AvgIpc) is 2.73. The van der Waals surface area contributed by atoms with Crippen molar-refractivity contribution in [2.24, 2.45) is 0 Å². The number of anilines is 2. The summed E-state index contributed by atoms with van der Waals surface area (Å²) in [6.45, 7) is 0.345. The molecule has 8 nitrogen and oxygen atoms in total. The smallest absolute Gasteiger partial charge is 0.354 e. The van der Waals surface area contributed by atoms with E-state index in [-0.39, 0.29) is 11.7 Å². The Morgan fingerprint density at radius 3 is 2.50 bits per heavy atom. The lowest BCUT2D eigenvalue weighted by Crippen LogP contribution is -2.28. The molecule has 0 bridgehead atoms. The second kappa shape index (κ2) is 9.42. The molecule has 3 rings (SSSR count). The molecule has 1 aromatic heterocycles. The van der Waals surface area contributed by atoms with Crippen LogP contribution in [0.15, 0.2) is 66.9 Å². The quantitative estimate of drug-likeness (QED) is 0.549. The Morgan fingerprint density at radius 1 is 1.03 bits per heavy atom. The molecule has 3 N–H and O–H groups in total. The minimum absolute atomic E-state index is 0.0875. The molecule has 0 aliphatic carbocycles. The highest BCUT2D eigenvalue weighted by Gasteiger charge is 2.07. The fraction of sp³-hybridized carbons (Fsp3) is 0.136. The van der Waals surface area contributed by atoms with Gasteiger partial charge in [-0.15, -0.1) is 0 Å². The lowest BCUT2D eigenvalue weighted by molar-refractivity contribution is 0.0690. The number of nitrogens with one attached hydrogen (secondary N) is 2. The number of carbonyl (C=O) groups is 2. The molecule has 0 spiro atoms. The molecule has 154 valence electrons. The zero-order chi connectivity index (χ0) is 21.5. The van der Waals surface area contributed by atoms with Crippen molar-refractivity contribution >= 4 is 23.4 Å². The van der Waals surface area contributed by atoms with Crippen LogP contribution < -0.4 is 20.3 Å². The number of urea groups is 1. The Labute approximate surface area is 174 Å². The van der Waals surface area contributed by atoms with E-state index in [1.807, 2.05) is 55.4 Å². The topological polar surface area (TPSA) is 104 Å². The minimum atomic E-state index is -1.12. The number of benzene rings is 2. The first-order valence-corrected chi connectivity index (χ1v) is 9.19. The molecule has 2 aromatic carbocycles. The van der Waals surface area contributed by atoms with Crippen molar-refractivity contribution in [3.05, 3.63) is 78.1 Å². The highest BCUT2D eigenvalue weighted by Crippen LogP contribution is 2.22. The SMILES string of the molecule is CN(C)c1cccc(NC(=O)NCc2ccc(Oc3ccnc(C(=O)O)c3)cc2)c1. The zero-order valence-corrected chi connectivity index (χ0v) is 16.6. The van der Waals surface area contributed by atoms with Crippen LogP contribution in [-0.4, -0.2) is 36.2 Å². The number of aromatic nitrogens is 1. The van der Waals surface area contributed by atoms with Gasteiger partial charge in [0.15, 0.2) is 5.69 Å². The first kappa shape index (κ1) is 20.7. The number of rotatable bonds is 7. The van der Waals surface area contributed by atoms with Crippen molar-refractivity contribution in [2.75, 3.05) is 24.3 Å². The largest absolute Gasteiger partial charge is 0.477 e. The molecule has 2 amide bonds. The molecule has 0 aliphatic heterocycles. The molecule has 0 atom stereocenters. The summed E-state index contributed by atoms with van der Waals surface area (Å²) in [5, 5.41) is 14.6. The van der Waals surface area contributed by atoms with E-state index < -0.39 is 5.97 Å². The van der Waals surface area contributed by atoms with Crippen LogP contribution in [0.1, 0.15) is 16.1 Å². The number of ether oxygens (including phenoxy) is 1. The molecule has 30 heavy (non-hydrogen) atoms. The number of amides is 2. The molecule has 0 radical (unpaired) electrons. The molecule has 3 aromatic rings. The summed E-state index contributed by atoms with van der Waals surface area (Å²) >= 11 is 0. The van der Waals surface area contributed by atoms with Gasteiger partial charge in [-0.25, -0.2) is 14.6 Å². The lowest BCUT2D eigenvalue weighted by Gasteiger charge is -2.14. The van der Waals surface area contributed by atoms with Crippen molar-refractivity contribution in [1.29, 1.82) is 0 Å². The highest BCUT2D eigenvalue weighted by atomic mass is 16.5. The minimum Gasteiger partial charge on any atom is -0.477 e. The monoisotopic (exact) mass is 406 g/mol. The van der Waals surface area contributed by atoms with E-state index in [0.29, 0.717) is 23.7 Å². The maximum atomic E-state index is 12.1. The van der Waals surface area contributed by atoms with Gasteiger partial charge in [0.05, 0.1) is 0 Å². The normalized spacial score (nSPS) is 10.2. The van der Waals surface area contributed by atoms with Crippen LogP contribution in [0.5, 0.6) is 11.5 Å². The van der Waals surface area contributed by atoms with Crippen LogP contribution in [-0.2, 0) is 6.54 Å². The maximum absolute atomic E-state index is 12.1. The summed E-state index contributed by atoms with van der Waals surface area (Å²) < 4.78 is 5.65. The summed E-state index contributed by atoms with van der Waals surface area (Å²) in [5.41, 5.74) is 2.50. The summed E-state index contributed by atoms with van der Waals surface area (Å²) in [4.78, 5) is 28.8. The Hall–Kier alpha value is -4.07. The fourth-order valence-electron chi connectivity index (χ4n) is 2.62. The standard InChI is InChI=1S/C22H22N4O4/c1-26(2)17-5-3-4-16(12-17)25-22(29)24-14-15-6-8-18(9-7-15)30-19-10-11-23-20(13-19)21(27)28/h3-13H,14H2,1-2H3,(H,27,28)(H2,24,25,29). The number of hydrogen-bond acceptors (Lipinski definition) is 5. The van der Waals surface area contributed by atoms with Crippen LogP contribution in [0, 0.1) is 0 Å². The van der Waals surface area contributed by atoms with E-state index in [0.717, 1.165) is 11.3 Å². The predicted molar refractivity (Wildman–Crippen MR) is 114 cm³/mol. The van der Waals surface area contributed by atoms with E-state index in [4.69, 9.17) is 9.84 Å². The Kier molecular flexibility index (Phi) is 6.49. The molecule has 0 unspecified atom stereocenters. The first-order valence-electron chi connectivity index (χ1n) is 9.19. The summed E-state index contributed by atoms with van der Waals surface area (Å²) in [5.74, 6) is -0.188. The molecule has 0 saturated carbocycles. The second-order valence-corrected chi connectivity index (χ2v) is 6.68. The van der Waals surface area contributed by atoms with Crippen molar-refractivity contribution in [1.82, 2.24) is 10.3 Å². The third-order valence-corrected chi connectivity index (χ3v) is 4.18. The number of carboxylic acids is 1. The number of carbonyl (C=O) groups excluding carboxylic acids is 1. The Morgan fingerprint density at radius 2 is 1.80 bits per heavy atom. The van der Waals surface area contributed by atoms with Crippen LogP contribution in [0.25, 0.3) is 0 Å². The van der Waals surface area contributed by atoms with Gasteiger partial charge in [-0.1, -0.05) is 18.2 Å². The van der Waals surface area contributed by atoms with Gasteiger partial charge in [0.1, 0.15) is 11.5 Å². The van der Waals surface area contributed by atoms with Crippen molar-refractivity contribution < 1.29 is 19.4 Å². The van der Waals surface area contributed by atoms with Crippen molar-refractivity contribution in [3.8, 4) is 11.5 Å². The van der Waals surface area contributed by atoms with Gasteiger partial charge in [0.2, 0.25) is 0 Å². The number of aromatic carboxylic acids is 1. The van der Waals surface area contributed by atoms with Gasteiger partial charge in [-0.2, -0.15) is 0 Å². The number of pyridine rings is 1. The lowest BCUT2D eigenvalue weighted by atomic mass is 10.2. The van der Waals surface area contributed by atoms with Gasteiger partial charge < -0.3 is 25.4 Å². The first-order chi connectivity index (χ1) is 14.4. The third-order valence-electron chi connectivity index (χ3n) is 4.18. The molecular formula is C22H22N4O4. The number of nitrogens with zero attached hydrogens (tertiary/aromatic N) is 2. The van der Waals surface area contributed by atoms with Crippen LogP contribution in [0.2, 0.25) is 0 Å². The van der Waals surface area contributed by atoms with Gasteiger partial charge in [0, 0.05) is 44.3 Å². The Bertz CT molecular complexity index is 1040. The fourth-order valence-corrected chi connectivity index (χ4v) is 2.62. The van der Waals surface area contributed by atoms with E-state index in [1.54, 1.807) is 18.2 Å². The van der Waals surface area contributed by atoms with E-state index >= 15 is 0 Å². The Balaban J connectivity index is 1.53. The molecular weight excluding hydrogens is 384 g/mol. The predicted octanol–water partition coefficient (Wildman–Crippen LogP) is 3.96. The molecule has 0 fully saturated rings. The second-order valence-electron chi connectivity index (χ2n) is 6.68. The van der Waals surface area contributed by atoms with Crippen molar-refractivity contribution in [2.45, 2.75) is 6.54 Å². The van der Waals surface area contributed by atoms with Gasteiger partial charge in [-0.3, -0.25) is 0 Å². The maximum Gasteiger partial charge on any atom is 0.354 e. The third kappa shape index (κ3) is 5.71. The number of hydrogen-bond donors (Lipinski definition) is 3. The van der Waals surface area contributed by atoms with Crippen LogP contribution in [0.3, 0.4) is 0 Å². The average molecular weight is 406 g/mol. The van der Waals surface area contributed by atoms with Gasteiger partial charge in [-0.05, 0) is 42.0 Å². The number of carboxylic acid groups (broad SMARTS) is 1. The van der Waals surface area contributed by atoms with Gasteiger partial charge in [0.25, 0.3) is 0 Å². The van der Waals surface area contributed by atoms with Gasteiger partial charge >= 0.3 is 12.0 Å². The van der Waals surface area contributed by atoms with Crippen LogP contribution >= 0.6 is 0 Å². The summed E-state index contributed by atoms with van der Waals surface area (Å²) in [7, 11) is 3.87. The summed E-state index contributed by atoms with van der Waals surface area (Å²) in [6, 6.07) is 17.3. The van der Waals surface area contributed by atoms with E-state index in [1.165, 1.54) is 12.3 Å². The van der Waals surface area contributed by atoms with Crippen molar-refractivity contribution in [3.63, 3.8) is 0 Å². The molecule has 0 aliphatic rings.